The zero-order chi connectivity index (χ0) is 12.1. The molecule has 0 aliphatic heterocycles. The van der Waals surface area contributed by atoms with E-state index in [2.05, 4.69) is 0 Å². The van der Waals surface area contributed by atoms with Gasteiger partial charge in [0.1, 0.15) is 5.75 Å². The molecule has 0 aromatic heterocycles. The molecule has 1 N–H and O–H groups in total. The summed E-state index contributed by atoms with van der Waals surface area (Å²) in [5, 5.41) is 10.2. The lowest BCUT2D eigenvalue weighted by molar-refractivity contribution is 0.135. The van der Waals surface area contributed by atoms with E-state index in [0.29, 0.717) is 13.0 Å². The average molecular weight is 243 g/mol. The smallest absolute Gasteiger partial charge is 0.119 e. The molecule has 0 radical (unpaired) electrons. The summed E-state index contributed by atoms with van der Waals surface area (Å²) in [5.41, 5.74) is 2.04. The van der Waals surface area contributed by atoms with Crippen LogP contribution in [0.2, 0.25) is 5.02 Å². The topological polar surface area (TPSA) is 29.5 Å². The van der Waals surface area contributed by atoms with Gasteiger partial charge in [-0.15, -0.1) is 0 Å². The van der Waals surface area contributed by atoms with Crippen molar-refractivity contribution in [3.8, 4) is 5.75 Å². The Balaban J connectivity index is 2.55. The molecule has 90 valence electrons. The Kier molecular flexibility index (Phi) is 5.10. The predicted octanol–water partition coefficient (Wildman–Crippen LogP) is 3.50. The van der Waals surface area contributed by atoms with E-state index in [4.69, 9.17) is 16.3 Å². The fourth-order valence-electron chi connectivity index (χ4n) is 1.51. The quantitative estimate of drug-likeness (QED) is 0.857. The largest absolute Gasteiger partial charge is 0.493 e. The first-order chi connectivity index (χ1) is 7.54. The van der Waals surface area contributed by atoms with Crippen molar-refractivity contribution in [3.05, 3.63) is 28.3 Å². The van der Waals surface area contributed by atoms with Gasteiger partial charge < -0.3 is 9.84 Å². The Hall–Kier alpha value is -0.730. The lowest BCUT2D eigenvalue weighted by atomic mass is 10.1. The molecular weight excluding hydrogens is 224 g/mol. The zero-order valence-corrected chi connectivity index (χ0v) is 10.8. The van der Waals surface area contributed by atoms with Crippen LogP contribution in [0.25, 0.3) is 0 Å². The second-order valence-corrected chi connectivity index (χ2v) is 4.45. The monoisotopic (exact) mass is 242 g/mol. The molecule has 0 fully saturated rings. The third kappa shape index (κ3) is 3.69. The number of aryl methyl sites for hydroxylation is 2. The highest BCUT2D eigenvalue weighted by Gasteiger charge is 2.05. The summed E-state index contributed by atoms with van der Waals surface area (Å²) in [6, 6.07) is 3.85. The van der Waals surface area contributed by atoms with Crippen LogP contribution in [0.3, 0.4) is 0 Å². The Morgan fingerprint density at radius 3 is 2.38 bits per heavy atom. The van der Waals surface area contributed by atoms with Crippen LogP contribution in [0.4, 0.5) is 0 Å². The Morgan fingerprint density at radius 1 is 1.31 bits per heavy atom. The first kappa shape index (κ1) is 13.3. The van der Waals surface area contributed by atoms with Gasteiger partial charge in [-0.3, -0.25) is 0 Å². The molecule has 0 bridgehead atoms. The molecule has 16 heavy (non-hydrogen) atoms. The molecule has 2 nitrogen and oxygen atoms in total. The highest BCUT2D eigenvalue weighted by atomic mass is 35.5. The minimum atomic E-state index is -0.269. The van der Waals surface area contributed by atoms with Crippen LogP contribution in [-0.2, 0) is 0 Å². The Morgan fingerprint density at radius 2 is 1.88 bits per heavy atom. The van der Waals surface area contributed by atoms with Crippen LogP contribution in [0.5, 0.6) is 5.75 Å². The van der Waals surface area contributed by atoms with Crippen molar-refractivity contribution in [1.29, 1.82) is 0 Å². The molecule has 0 aliphatic carbocycles. The molecule has 1 aromatic carbocycles. The molecule has 0 saturated heterocycles. The molecule has 0 spiro atoms. The molecule has 3 heteroatoms. The summed E-state index contributed by atoms with van der Waals surface area (Å²) < 4.78 is 5.58. The third-order valence-corrected chi connectivity index (χ3v) is 3.20. The van der Waals surface area contributed by atoms with Gasteiger partial charge in [-0.05, 0) is 43.5 Å². The number of halogens is 1. The molecule has 1 rings (SSSR count). The average Bonchev–Trinajstić information content (AvgIpc) is 2.25. The zero-order valence-electron chi connectivity index (χ0n) is 10.1. The van der Waals surface area contributed by atoms with Crippen LogP contribution in [-0.4, -0.2) is 17.8 Å². The van der Waals surface area contributed by atoms with Crippen LogP contribution in [0.15, 0.2) is 12.1 Å². The second kappa shape index (κ2) is 6.12. The number of hydrogen-bond acceptors (Lipinski definition) is 2. The molecular formula is C13H19ClO2. The van der Waals surface area contributed by atoms with Crippen molar-refractivity contribution in [2.75, 3.05) is 6.61 Å². The number of benzene rings is 1. The molecule has 1 aromatic rings. The summed E-state index contributed by atoms with van der Waals surface area (Å²) in [6.07, 6.45) is 1.16. The summed E-state index contributed by atoms with van der Waals surface area (Å²) in [4.78, 5) is 0. The van der Waals surface area contributed by atoms with E-state index in [9.17, 15) is 5.11 Å². The van der Waals surface area contributed by atoms with Crippen LogP contribution < -0.4 is 4.74 Å². The molecule has 1 atom stereocenters. The number of hydrogen-bond donors (Lipinski definition) is 1. The maximum atomic E-state index is 9.39. The molecule has 0 aliphatic rings. The van der Waals surface area contributed by atoms with Crippen LogP contribution >= 0.6 is 11.6 Å². The summed E-state index contributed by atoms with van der Waals surface area (Å²) in [7, 11) is 0. The van der Waals surface area contributed by atoms with Crippen molar-refractivity contribution >= 4 is 11.6 Å². The lowest BCUT2D eigenvalue weighted by Gasteiger charge is -2.11. The van der Waals surface area contributed by atoms with E-state index in [1.54, 1.807) is 0 Å². The van der Waals surface area contributed by atoms with Crippen molar-refractivity contribution in [3.63, 3.8) is 0 Å². The fraction of sp³-hybridized carbons (Fsp3) is 0.538. The third-order valence-electron chi connectivity index (χ3n) is 2.60. The van der Waals surface area contributed by atoms with Gasteiger partial charge in [0.05, 0.1) is 12.7 Å². The van der Waals surface area contributed by atoms with E-state index >= 15 is 0 Å². The fourth-order valence-corrected chi connectivity index (χ4v) is 1.62. The standard InChI is InChI=1S/C13H19ClO2/c1-4-11(15)5-6-16-12-7-9(2)13(14)10(3)8-12/h7-8,11,15H,4-6H2,1-3H3. The minimum absolute atomic E-state index is 0.269. The Bertz CT molecular complexity index is 327. The maximum Gasteiger partial charge on any atom is 0.119 e. The normalized spacial score (nSPS) is 12.6. The van der Waals surface area contributed by atoms with E-state index in [-0.39, 0.29) is 6.10 Å². The molecule has 0 amide bonds. The minimum Gasteiger partial charge on any atom is -0.493 e. The number of aliphatic hydroxyl groups excluding tert-OH is 1. The number of ether oxygens (including phenoxy) is 1. The van der Waals surface area contributed by atoms with Gasteiger partial charge in [-0.25, -0.2) is 0 Å². The predicted molar refractivity (Wildman–Crippen MR) is 67.3 cm³/mol. The van der Waals surface area contributed by atoms with Crippen molar-refractivity contribution in [2.24, 2.45) is 0 Å². The summed E-state index contributed by atoms with van der Waals surface area (Å²) >= 11 is 6.06. The van der Waals surface area contributed by atoms with Gasteiger partial charge in [0.15, 0.2) is 0 Å². The van der Waals surface area contributed by atoms with Gasteiger partial charge >= 0.3 is 0 Å². The highest BCUT2D eigenvalue weighted by Crippen LogP contribution is 2.25. The van der Waals surface area contributed by atoms with E-state index < -0.39 is 0 Å². The van der Waals surface area contributed by atoms with Crippen molar-refractivity contribution in [2.45, 2.75) is 39.7 Å². The van der Waals surface area contributed by atoms with Gasteiger partial charge in [0.2, 0.25) is 0 Å². The van der Waals surface area contributed by atoms with Crippen molar-refractivity contribution in [1.82, 2.24) is 0 Å². The molecule has 0 heterocycles. The first-order valence-electron chi connectivity index (χ1n) is 5.62. The van der Waals surface area contributed by atoms with E-state index in [1.807, 2.05) is 32.9 Å². The van der Waals surface area contributed by atoms with E-state index in [0.717, 1.165) is 28.3 Å². The van der Waals surface area contributed by atoms with Gasteiger partial charge in [0.25, 0.3) is 0 Å². The number of aliphatic hydroxyl groups is 1. The number of rotatable bonds is 5. The summed E-state index contributed by atoms with van der Waals surface area (Å²) in [6.45, 7) is 6.42. The maximum absolute atomic E-state index is 9.39. The van der Waals surface area contributed by atoms with Crippen LogP contribution in [0.1, 0.15) is 30.9 Å². The first-order valence-corrected chi connectivity index (χ1v) is 6.00. The highest BCUT2D eigenvalue weighted by molar-refractivity contribution is 6.32. The SMILES string of the molecule is CCC(O)CCOc1cc(C)c(Cl)c(C)c1. The Labute approximate surface area is 102 Å². The summed E-state index contributed by atoms with van der Waals surface area (Å²) in [5.74, 6) is 0.822. The molecule has 1 unspecified atom stereocenters. The van der Waals surface area contributed by atoms with Crippen LogP contribution in [0, 0.1) is 13.8 Å². The van der Waals surface area contributed by atoms with E-state index in [1.165, 1.54) is 0 Å². The lowest BCUT2D eigenvalue weighted by Crippen LogP contribution is -2.10. The van der Waals surface area contributed by atoms with Gasteiger partial charge in [-0.1, -0.05) is 18.5 Å². The molecule has 0 saturated carbocycles. The second-order valence-electron chi connectivity index (χ2n) is 4.07. The van der Waals surface area contributed by atoms with Gasteiger partial charge in [-0.2, -0.15) is 0 Å². The van der Waals surface area contributed by atoms with Crippen molar-refractivity contribution < 1.29 is 9.84 Å². The van der Waals surface area contributed by atoms with Gasteiger partial charge in [0, 0.05) is 11.4 Å².